The Kier molecular flexibility index (Phi) is 3.33. The molecule has 16 heavy (non-hydrogen) atoms. The average molecular weight is 273 g/mol. The number of hydrogen-bond donors (Lipinski definition) is 0. The van der Waals surface area contributed by atoms with Gasteiger partial charge in [0.1, 0.15) is 10.7 Å². The zero-order valence-corrected chi connectivity index (χ0v) is 11.8. The van der Waals surface area contributed by atoms with Crippen LogP contribution in [0.5, 0.6) is 0 Å². The second-order valence-electron chi connectivity index (χ2n) is 4.57. The van der Waals surface area contributed by atoms with E-state index in [-0.39, 0.29) is 5.41 Å². The molecule has 0 aliphatic carbocycles. The van der Waals surface area contributed by atoms with Gasteiger partial charge in [-0.2, -0.15) is 0 Å². The highest BCUT2D eigenvalue weighted by atomic mass is 35.5. The van der Waals surface area contributed by atoms with Crippen molar-refractivity contribution in [3.63, 3.8) is 0 Å². The second kappa shape index (κ2) is 4.43. The smallest absolute Gasteiger partial charge is 0.143 e. The van der Waals surface area contributed by atoms with E-state index in [2.05, 4.69) is 36.1 Å². The molecule has 0 unspecified atom stereocenters. The van der Waals surface area contributed by atoms with Crippen molar-refractivity contribution < 1.29 is 0 Å². The van der Waals surface area contributed by atoms with E-state index in [9.17, 15) is 0 Å². The molecule has 0 aliphatic rings. The van der Waals surface area contributed by atoms with Gasteiger partial charge < -0.3 is 0 Å². The first-order valence-electron chi connectivity index (χ1n) is 4.97. The van der Waals surface area contributed by atoms with E-state index in [1.807, 2.05) is 5.38 Å². The summed E-state index contributed by atoms with van der Waals surface area (Å²) in [5, 5.41) is 6.16. The fraction of sp³-hybridized carbons (Fsp3) is 0.455. The lowest BCUT2D eigenvalue weighted by molar-refractivity contribution is 0.586. The van der Waals surface area contributed by atoms with Crippen LogP contribution in [-0.4, -0.2) is 9.97 Å². The van der Waals surface area contributed by atoms with Crippen molar-refractivity contribution in [3.05, 3.63) is 21.5 Å². The van der Waals surface area contributed by atoms with Gasteiger partial charge in [-0.05, 0) is 0 Å². The van der Waals surface area contributed by atoms with Crippen LogP contribution >= 0.6 is 34.3 Å². The summed E-state index contributed by atoms with van der Waals surface area (Å²) in [5.74, 6) is 0.465. The van der Waals surface area contributed by atoms with Crippen molar-refractivity contribution in [3.8, 4) is 10.7 Å². The van der Waals surface area contributed by atoms with Crippen LogP contribution in [0.1, 0.15) is 31.5 Å². The van der Waals surface area contributed by atoms with Crippen LogP contribution in [0.25, 0.3) is 10.7 Å². The molecule has 2 aromatic rings. The Hall–Kier alpha value is -0.450. The van der Waals surface area contributed by atoms with Gasteiger partial charge in [0.15, 0.2) is 0 Å². The lowest BCUT2D eigenvalue weighted by atomic mass is 9.98. The fourth-order valence-corrected chi connectivity index (χ4v) is 3.18. The molecule has 0 spiro atoms. The first kappa shape index (κ1) is 12.0. The van der Waals surface area contributed by atoms with Gasteiger partial charge in [0.2, 0.25) is 0 Å². The van der Waals surface area contributed by atoms with Crippen LogP contribution < -0.4 is 0 Å². The Labute approximate surface area is 108 Å². The number of thiazole rings is 2. The van der Waals surface area contributed by atoms with Gasteiger partial charge in [-0.3, -0.25) is 0 Å². The topological polar surface area (TPSA) is 25.8 Å². The van der Waals surface area contributed by atoms with E-state index in [1.54, 1.807) is 22.7 Å². The van der Waals surface area contributed by atoms with E-state index in [1.165, 1.54) is 0 Å². The van der Waals surface area contributed by atoms with E-state index >= 15 is 0 Å². The predicted octanol–water partition coefficient (Wildman–Crippen LogP) is 4.30. The first-order valence-corrected chi connectivity index (χ1v) is 7.27. The summed E-state index contributed by atoms with van der Waals surface area (Å²) >= 11 is 9.02. The van der Waals surface area contributed by atoms with Crippen LogP contribution in [0.4, 0.5) is 0 Å². The molecule has 0 saturated heterocycles. The zero-order chi connectivity index (χ0) is 11.8. The predicted molar refractivity (Wildman–Crippen MR) is 71.5 cm³/mol. The number of hydrogen-bond acceptors (Lipinski definition) is 4. The second-order valence-corrected chi connectivity index (χ2v) is 6.55. The SMILES string of the molecule is CC(C)(C)c1nc(-c2nc(CCl)cs2)cs1. The molecule has 2 aromatic heterocycles. The minimum atomic E-state index is 0.107. The van der Waals surface area contributed by atoms with Gasteiger partial charge in [0.05, 0.1) is 16.6 Å². The molecule has 0 fully saturated rings. The number of nitrogens with zero attached hydrogens (tertiary/aromatic N) is 2. The van der Waals surface area contributed by atoms with E-state index in [0.717, 1.165) is 21.4 Å². The highest BCUT2D eigenvalue weighted by molar-refractivity contribution is 7.14. The standard InChI is InChI=1S/C11H13ClN2S2/c1-11(2,3)10-14-8(6-16-10)9-13-7(4-12)5-15-9/h5-6H,4H2,1-3H3. The van der Waals surface area contributed by atoms with Gasteiger partial charge in [-0.15, -0.1) is 34.3 Å². The summed E-state index contributed by atoms with van der Waals surface area (Å²) in [7, 11) is 0. The lowest BCUT2D eigenvalue weighted by Gasteiger charge is -2.13. The number of aromatic nitrogens is 2. The summed E-state index contributed by atoms with van der Waals surface area (Å²) < 4.78 is 0. The summed E-state index contributed by atoms with van der Waals surface area (Å²) in [6.45, 7) is 6.50. The monoisotopic (exact) mass is 272 g/mol. The Morgan fingerprint density at radius 3 is 2.44 bits per heavy atom. The van der Waals surface area contributed by atoms with Crippen molar-refractivity contribution in [2.45, 2.75) is 32.1 Å². The maximum atomic E-state index is 5.73. The van der Waals surface area contributed by atoms with E-state index < -0.39 is 0 Å². The van der Waals surface area contributed by atoms with Crippen LogP contribution in [0.2, 0.25) is 0 Å². The summed E-state index contributed by atoms with van der Waals surface area (Å²) in [6.07, 6.45) is 0. The molecule has 0 amide bonds. The normalized spacial score (nSPS) is 12.0. The Morgan fingerprint density at radius 1 is 1.19 bits per heavy atom. The van der Waals surface area contributed by atoms with E-state index in [0.29, 0.717) is 5.88 Å². The maximum absolute atomic E-state index is 5.73. The molecular weight excluding hydrogens is 260 g/mol. The molecule has 0 radical (unpaired) electrons. The number of rotatable bonds is 2. The number of halogens is 1. The summed E-state index contributed by atoms with van der Waals surface area (Å²) in [4.78, 5) is 9.05. The van der Waals surface area contributed by atoms with Crippen molar-refractivity contribution in [1.29, 1.82) is 0 Å². The Bertz CT molecular complexity index is 482. The molecule has 2 rings (SSSR count). The molecule has 0 aliphatic heterocycles. The molecule has 0 aromatic carbocycles. The van der Waals surface area contributed by atoms with Crippen LogP contribution in [-0.2, 0) is 11.3 Å². The largest absolute Gasteiger partial charge is 0.238 e. The third-order valence-electron chi connectivity index (χ3n) is 2.05. The van der Waals surface area contributed by atoms with Gasteiger partial charge in [0, 0.05) is 16.2 Å². The van der Waals surface area contributed by atoms with Crippen LogP contribution in [0, 0.1) is 0 Å². The maximum Gasteiger partial charge on any atom is 0.143 e. The molecular formula is C11H13ClN2S2. The van der Waals surface area contributed by atoms with Gasteiger partial charge in [-0.1, -0.05) is 20.8 Å². The molecule has 2 nitrogen and oxygen atoms in total. The first-order chi connectivity index (χ1) is 7.50. The molecule has 5 heteroatoms. The molecule has 86 valence electrons. The van der Waals surface area contributed by atoms with E-state index in [4.69, 9.17) is 11.6 Å². The van der Waals surface area contributed by atoms with Crippen molar-refractivity contribution in [2.24, 2.45) is 0 Å². The Balaban J connectivity index is 2.31. The van der Waals surface area contributed by atoms with Crippen LogP contribution in [0.15, 0.2) is 10.8 Å². The fourth-order valence-electron chi connectivity index (χ4n) is 1.20. The minimum Gasteiger partial charge on any atom is -0.238 e. The van der Waals surface area contributed by atoms with Gasteiger partial charge in [0.25, 0.3) is 0 Å². The highest BCUT2D eigenvalue weighted by Crippen LogP contribution is 2.31. The Morgan fingerprint density at radius 2 is 1.94 bits per heavy atom. The third-order valence-corrected chi connectivity index (χ3v) is 4.51. The van der Waals surface area contributed by atoms with Gasteiger partial charge >= 0.3 is 0 Å². The molecule has 0 saturated carbocycles. The quantitative estimate of drug-likeness (QED) is 0.762. The average Bonchev–Trinajstić information content (AvgIpc) is 2.85. The molecule has 2 heterocycles. The van der Waals surface area contributed by atoms with Gasteiger partial charge in [-0.25, -0.2) is 9.97 Å². The number of alkyl halides is 1. The zero-order valence-electron chi connectivity index (χ0n) is 9.45. The van der Waals surface area contributed by atoms with Crippen LogP contribution in [0.3, 0.4) is 0 Å². The molecule has 0 bridgehead atoms. The van der Waals surface area contributed by atoms with Crippen molar-refractivity contribution >= 4 is 34.3 Å². The summed E-state index contributed by atoms with van der Waals surface area (Å²) in [5.41, 5.74) is 2.00. The summed E-state index contributed by atoms with van der Waals surface area (Å²) in [6, 6.07) is 0. The molecule has 0 atom stereocenters. The van der Waals surface area contributed by atoms with Crippen molar-refractivity contribution in [2.75, 3.05) is 0 Å². The van der Waals surface area contributed by atoms with Crippen molar-refractivity contribution in [1.82, 2.24) is 9.97 Å². The minimum absolute atomic E-state index is 0.107. The third kappa shape index (κ3) is 2.44. The molecule has 0 N–H and O–H groups in total. The highest BCUT2D eigenvalue weighted by Gasteiger charge is 2.19. The lowest BCUT2D eigenvalue weighted by Crippen LogP contribution is -2.10.